The zero-order valence-corrected chi connectivity index (χ0v) is 14.5. The van der Waals surface area contributed by atoms with Gasteiger partial charge < -0.3 is 14.5 Å². The first-order valence-corrected chi connectivity index (χ1v) is 8.05. The molecule has 3 rings (SSSR count). The molecule has 0 spiro atoms. The second kappa shape index (κ2) is 6.87. The lowest BCUT2D eigenvalue weighted by Crippen LogP contribution is -2.06. The predicted molar refractivity (Wildman–Crippen MR) is 94.7 cm³/mol. The van der Waals surface area contributed by atoms with Crippen LogP contribution in [0.1, 0.15) is 18.5 Å². The van der Waals surface area contributed by atoms with Gasteiger partial charge in [-0.2, -0.15) is 0 Å². The van der Waals surface area contributed by atoms with E-state index < -0.39 is 0 Å². The molecular formula is C18H17BrN2O2. The first-order valence-electron chi connectivity index (χ1n) is 7.26. The number of halogens is 1. The van der Waals surface area contributed by atoms with Crippen LogP contribution in [0, 0.1) is 0 Å². The fourth-order valence-corrected chi connectivity index (χ4v) is 2.96. The molecule has 0 aliphatic heterocycles. The van der Waals surface area contributed by atoms with Gasteiger partial charge in [0.15, 0.2) is 12.2 Å². The average molecular weight is 373 g/mol. The Balaban J connectivity index is 1.79. The maximum atomic E-state index is 5.35. The van der Waals surface area contributed by atoms with Crippen molar-refractivity contribution in [3.8, 4) is 17.1 Å². The second-order valence-electron chi connectivity index (χ2n) is 5.21. The Morgan fingerprint density at radius 2 is 2.09 bits per heavy atom. The molecule has 23 heavy (non-hydrogen) atoms. The maximum Gasteiger partial charge on any atom is 0.181 e. The van der Waals surface area contributed by atoms with Crippen molar-refractivity contribution in [2.45, 2.75) is 13.0 Å². The summed E-state index contributed by atoms with van der Waals surface area (Å²) in [5, 5.41) is 3.50. The van der Waals surface area contributed by atoms with Crippen LogP contribution in [-0.2, 0) is 0 Å². The van der Waals surface area contributed by atoms with Crippen molar-refractivity contribution in [2.75, 3.05) is 12.4 Å². The van der Waals surface area contributed by atoms with Gasteiger partial charge in [-0.3, -0.25) is 0 Å². The molecule has 0 aliphatic rings. The first kappa shape index (κ1) is 15.6. The van der Waals surface area contributed by atoms with Crippen molar-refractivity contribution in [3.63, 3.8) is 0 Å². The Kier molecular flexibility index (Phi) is 4.67. The van der Waals surface area contributed by atoms with Gasteiger partial charge in [0.25, 0.3) is 0 Å². The van der Waals surface area contributed by atoms with Crippen LogP contribution in [0.2, 0.25) is 0 Å². The molecule has 4 nitrogen and oxygen atoms in total. The third kappa shape index (κ3) is 3.56. The standard InChI is InChI=1S/C18H17BrN2O2/c1-12(13-6-7-17(22-2)16(19)9-13)21-15-5-3-4-14(8-15)18-10-20-11-23-18/h3-12,21H,1-2H3. The van der Waals surface area contributed by atoms with Gasteiger partial charge in [-0.25, -0.2) is 4.98 Å². The lowest BCUT2D eigenvalue weighted by molar-refractivity contribution is 0.412. The molecule has 1 N–H and O–H groups in total. The highest BCUT2D eigenvalue weighted by Crippen LogP contribution is 2.30. The molecule has 0 fully saturated rings. The Hall–Kier alpha value is -2.27. The lowest BCUT2D eigenvalue weighted by Gasteiger charge is -2.17. The summed E-state index contributed by atoms with van der Waals surface area (Å²) in [5.41, 5.74) is 3.19. The minimum absolute atomic E-state index is 0.155. The molecule has 0 bridgehead atoms. The number of benzene rings is 2. The van der Waals surface area contributed by atoms with E-state index in [0.29, 0.717) is 0 Å². The van der Waals surface area contributed by atoms with Crippen molar-refractivity contribution in [2.24, 2.45) is 0 Å². The van der Waals surface area contributed by atoms with Crippen LogP contribution >= 0.6 is 15.9 Å². The van der Waals surface area contributed by atoms with Crippen molar-refractivity contribution in [1.29, 1.82) is 0 Å². The summed E-state index contributed by atoms with van der Waals surface area (Å²) < 4.78 is 11.6. The normalized spacial score (nSPS) is 12.0. The molecule has 0 aliphatic carbocycles. The number of ether oxygens (including phenoxy) is 1. The van der Waals surface area contributed by atoms with E-state index >= 15 is 0 Å². The van der Waals surface area contributed by atoms with Crippen LogP contribution < -0.4 is 10.1 Å². The van der Waals surface area contributed by atoms with Gasteiger partial charge in [0.1, 0.15) is 5.75 Å². The molecule has 1 atom stereocenters. The van der Waals surface area contributed by atoms with Gasteiger partial charge in [0.2, 0.25) is 0 Å². The molecule has 0 radical (unpaired) electrons. The van der Waals surface area contributed by atoms with Gasteiger partial charge in [0, 0.05) is 17.3 Å². The van der Waals surface area contributed by atoms with E-state index in [0.717, 1.165) is 27.2 Å². The quantitative estimate of drug-likeness (QED) is 0.661. The van der Waals surface area contributed by atoms with Crippen molar-refractivity contribution in [3.05, 3.63) is 65.1 Å². The number of nitrogens with one attached hydrogen (secondary N) is 1. The van der Waals surface area contributed by atoms with E-state index in [1.54, 1.807) is 13.3 Å². The van der Waals surface area contributed by atoms with E-state index in [1.165, 1.54) is 12.0 Å². The Bertz CT molecular complexity index is 787. The fraction of sp³-hybridized carbons (Fsp3) is 0.167. The number of methoxy groups -OCH3 is 1. The zero-order valence-electron chi connectivity index (χ0n) is 12.9. The molecule has 1 heterocycles. The van der Waals surface area contributed by atoms with Gasteiger partial charge in [-0.1, -0.05) is 18.2 Å². The number of rotatable bonds is 5. The van der Waals surface area contributed by atoms with Crippen LogP contribution in [0.3, 0.4) is 0 Å². The Morgan fingerprint density at radius 1 is 1.22 bits per heavy atom. The number of aromatic nitrogens is 1. The summed E-state index contributed by atoms with van der Waals surface area (Å²) >= 11 is 3.53. The van der Waals surface area contributed by atoms with E-state index in [2.05, 4.69) is 51.4 Å². The minimum atomic E-state index is 0.155. The molecule has 5 heteroatoms. The van der Waals surface area contributed by atoms with E-state index in [-0.39, 0.29) is 6.04 Å². The SMILES string of the molecule is COc1ccc(C(C)Nc2cccc(-c3cnco3)c2)cc1Br. The highest BCUT2D eigenvalue weighted by molar-refractivity contribution is 9.10. The van der Waals surface area contributed by atoms with Crippen LogP contribution in [0.4, 0.5) is 5.69 Å². The van der Waals surface area contributed by atoms with Crippen LogP contribution in [0.25, 0.3) is 11.3 Å². The van der Waals surface area contributed by atoms with Crippen LogP contribution in [0.5, 0.6) is 5.75 Å². The van der Waals surface area contributed by atoms with Crippen LogP contribution in [-0.4, -0.2) is 12.1 Å². The molecule has 2 aromatic carbocycles. The molecule has 1 unspecified atom stereocenters. The summed E-state index contributed by atoms with van der Waals surface area (Å²) in [5.74, 6) is 1.58. The second-order valence-corrected chi connectivity index (χ2v) is 6.06. The van der Waals surface area contributed by atoms with Crippen molar-refractivity contribution >= 4 is 21.6 Å². The zero-order chi connectivity index (χ0) is 16.2. The topological polar surface area (TPSA) is 47.3 Å². The summed E-state index contributed by atoms with van der Waals surface area (Å²) in [7, 11) is 1.66. The van der Waals surface area contributed by atoms with E-state index in [1.807, 2.05) is 24.3 Å². The fourth-order valence-electron chi connectivity index (χ4n) is 2.41. The van der Waals surface area contributed by atoms with E-state index in [4.69, 9.17) is 9.15 Å². The number of hydrogen-bond acceptors (Lipinski definition) is 4. The maximum absolute atomic E-state index is 5.35. The monoisotopic (exact) mass is 372 g/mol. The molecule has 118 valence electrons. The molecular weight excluding hydrogens is 356 g/mol. The van der Waals surface area contributed by atoms with Gasteiger partial charge >= 0.3 is 0 Å². The highest BCUT2D eigenvalue weighted by Gasteiger charge is 2.09. The summed E-state index contributed by atoms with van der Waals surface area (Å²) in [6, 6.07) is 14.3. The Labute approximate surface area is 143 Å². The molecule has 1 aromatic heterocycles. The third-order valence-corrected chi connectivity index (χ3v) is 4.26. The highest BCUT2D eigenvalue weighted by atomic mass is 79.9. The van der Waals surface area contributed by atoms with Crippen LogP contribution in [0.15, 0.2) is 63.9 Å². The van der Waals surface area contributed by atoms with Crippen molar-refractivity contribution in [1.82, 2.24) is 4.98 Å². The molecule has 0 amide bonds. The largest absolute Gasteiger partial charge is 0.496 e. The molecule has 0 saturated carbocycles. The van der Waals surface area contributed by atoms with Crippen molar-refractivity contribution < 1.29 is 9.15 Å². The van der Waals surface area contributed by atoms with Gasteiger partial charge in [-0.15, -0.1) is 0 Å². The van der Waals surface area contributed by atoms with E-state index in [9.17, 15) is 0 Å². The molecule has 3 aromatic rings. The molecule has 0 saturated heterocycles. The number of nitrogens with zero attached hydrogens (tertiary/aromatic N) is 1. The summed E-state index contributed by atoms with van der Waals surface area (Å²) in [6.45, 7) is 2.12. The Morgan fingerprint density at radius 3 is 2.78 bits per heavy atom. The van der Waals surface area contributed by atoms with Gasteiger partial charge in [0.05, 0.1) is 17.8 Å². The predicted octanol–water partition coefficient (Wildman–Crippen LogP) is 5.29. The average Bonchev–Trinajstić information content (AvgIpc) is 3.09. The first-order chi connectivity index (χ1) is 11.2. The van der Waals surface area contributed by atoms with Gasteiger partial charge in [-0.05, 0) is 52.7 Å². The summed E-state index contributed by atoms with van der Waals surface area (Å²) in [4.78, 5) is 3.96. The third-order valence-electron chi connectivity index (χ3n) is 3.64. The lowest BCUT2D eigenvalue weighted by atomic mass is 10.1. The summed E-state index contributed by atoms with van der Waals surface area (Å²) in [6.07, 6.45) is 3.15. The number of anilines is 1. The number of oxazole rings is 1. The smallest absolute Gasteiger partial charge is 0.181 e. The minimum Gasteiger partial charge on any atom is -0.496 e. The number of hydrogen-bond donors (Lipinski definition) is 1.